The van der Waals surface area contributed by atoms with E-state index in [9.17, 15) is 0 Å². The molecule has 2 saturated carbocycles. The molecule has 0 aromatic carbocycles. The van der Waals surface area contributed by atoms with Crippen molar-refractivity contribution in [2.75, 3.05) is 13.2 Å². The van der Waals surface area contributed by atoms with Crippen molar-refractivity contribution in [3.05, 3.63) is 0 Å². The molecule has 2 unspecified atom stereocenters. The third-order valence-corrected chi connectivity index (χ3v) is 4.49. The van der Waals surface area contributed by atoms with Crippen LogP contribution in [0.4, 0.5) is 0 Å². The molecule has 2 aliphatic rings. The first-order valence-electron chi connectivity index (χ1n) is 7.71. The molecule has 0 amide bonds. The molecule has 2 rings (SSSR count). The van der Waals surface area contributed by atoms with Crippen LogP contribution in [0.5, 0.6) is 0 Å². The van der Waals surface area contributed by atoms with Crippen molar-refractivity contribution in [2.24, 2.45) is 5.92 Å². The molecular weight excluding hydrogens is 210 g/mol. The molecule has 0 bridgehead atoms. The molecule has 0 aliphatic heterocycles. The van der Waals surface area contributed by atoms with Gasteiger partial charge in [-0.1, -0.05) is 32.6 Å². The minimum absolute atomic E-state index is 0.578. The van der Waals surface area contributed by atoms with Crippen LogP contribution in [0.3, 0.4) is 0 Å². The van der Waals surface area contributed by atoms with E-state index < -0.39 is 0 Å². The highest BCUT2D eigenvalue weighted by molar-refractivity contribution is 4.79. The van der Waals surface area contributed by atoms with Gasteiger partial charge in [-0.15, -0.1) is 0 Å². The Bertz CT molecular complexity index is 201. The fraction of sp³-hybridized carbons (Fsp3) is 1.00. The second-order valence-electron chi connectivity index (χ2n) is 5.95. The second kappa shape index (κ2) is 7.38. The van der Waals surface area contributed by atoms with E-state index in [2.05, 4.69) is 12.2 Å². The van der Waals surface area contributed by atoms with Gasteiger partial charge in [-0.05, 0) is 44.6 Å². The van der Waals surface area contributed by atoms with Gasteiger partial charge in [0.15, 0.2) is 0 Å². The van der Waals surface area contributed by atoms with Crippen LogP contribution in [0.1, 0.15) is 64.7 Å². The topological polar surface area (TPSA) is 21.3 Å². The van der Waals surface area contributed by atoms with Gasteiger partial charge in [0.05, 0.1) is 6.10 Å². The molecule has 2 aliphatic carbocycles. The monoisotopic (exact) mass is 239 g/mol. The molecule has 17 heavy (non-hydrogen) atoms. The van der Waals surface area contributed by atoms with Crippen molar-refractivity contribution in [1.82, 2.24) is 5.32 Å². The highest BCUT2D eigenvalue weighted by Gasteiger charge is 2.22. The number of ether oxygens (including phenoxy) is 1. The Kier molecular flexibility index (Phi) is 5.79. The predicted molar refractivity (Wildman–Crippen MR) is 72.2 cm³/mol. The largest absolute Gasteiger partial charge is 0.378 e. The van der Waals surface area contributed by atoms with Crippen LogP contribution in [0.15, 0.2) is 0 Å². The zero-order valence-corrected chi connectivity index (χ0v) is 11.4. The molecular formula is C15H29NO. The van der Waals surface area contributed by atoms with E-state index in [1.807, 2.05) is 0 Å². The maximum Gasteiger partial charge on any atom is 0.0575 e. The average Bonchev–Trinajstić information content (AvgIpc) is 2.76. The smallest absolute Gasteiger partial charge is 0.0575 e. The van der Waals surface area contributed by atoms with Crippen LogP contribution in [0.25, 0.3) is 0 Å². The van der Waals surface area contributed by atoms with E-state index in [1.54, 1.807) is 0 Å². The van der Waals surface area contributed by atoms with Crippen molar-refractivity contribution < 1.29 is 4.74 Å². The van der Waals surface area contributed by atoms with Gasteiger partial charge in [0, 0.05) is 12.6 Å². The zero-order chi connectivity index (χ0) is 11.9. The molecule has 0 saturated heterocycles. The summed E-state index contributed by atoms with van der Waals surface area (Å²) in [5, 5.41) is 3.69. The Morgan fingerprint density at radius 2 is 1.82 bits per heavy atom. The third-order valence-electron chi connectivity index (χ3n) is 4.49. The Morgan fingerprint density at radius 1 is 1.00 bits per heavy atom. The summed E-state index contributed by atoms with van der Waals surface area (Å²) in [5.41, 5.74) is 0. The van der Waals surface area contributed by atoms with Gasteiger partial charge in [-0.2, -0.15) is 0 Å². The number of rotatable bonds is 6. The van der Waals surface area contributed by atoms with Gasteiger partial charge in [-0.3, -0.25) is 0 Å². The molecule has 0 aromatic heterocycles. The molecule has 1 N–H and O–H groups in total. The van der Waals surface area contributed by atoms with E-state index in [0.29, 0.717) is 6.10 Å². The average molecular weight is 239 g/mol. The summed E-state index contributed by atoms with van der Waals surface area (Å²) in [6, 6.07) is 0.782. The first kappa shape index (κ1) is 13.4. The van der Waals surface area contributed by atoms with Crippen molar-refractivity contribution in [2.45, 2.75) is 76.9 Å². The molecule has 0 radical (unpaired) electrons. The SMILES string of the molecule is CC1CCCC1NCCCOC1CCCCC1. The van der Waals surface area contributed by atoms with Crippen LogP contribution in [-0.4, -0.2) is 25.3 Å². The summed E-state index contributed by atoms with van der Waals surface area (Å²) in [6.45, 7) is 4.48. The number of hydrogen-bond acceptors (Lipinski definition) is 2. The minimum atomic E-state index is 0.578. The molecule has 2 fully saturated rings. The van der Waals surface area contributed by atoms with E-state index in [1.165, 1.54) is 57.8 Å². The van der Waals surface area contributed by atoms with E-state index in [-0.39, 0.29) is 0 Å². The highest BCUT2D eigenvalue weighted by Crippen LogP contribution is 2.24. The molecule has 0 aromatic rings. The van der Waals surface area contributed by atoms with Crippen LogP contribution in [0.2, 0.25) is 0 Å². The lowest BCUT2D eigenvalue weighted by Gasteiger charge is -2.22. The fourth-order valence-electron chi connectivity index (χ4n) is 3.29. The highest BCUT2D eigenvalue weighted by atomic mass is 16.5. The second-order valence-corrected chi connectivity index (χ2v) is 5.95. The lowest BCUT2D eigenvalue weighted by molar-refractivity contribution is 0.0270. The van der Waals surface area contributed by atoms with Gasteiger partial charge in [0.2, 0.25) is 0 Å². The lowest BCUT2D eigenvalue weighted by Crippen LogP contribution is -2.32. The van der Waals surface area contributed by atoms with Crippen LogP contribution < -0.4 is 5.32 Å². The minimum Gasteiger partial charge on any atom is -0.378 e. The summed E-state index contributed by atoms with van der Waals surface area (Å²) in [6.07, 6.45) is 12.7. The Balaban J connectivity index is 1.45. The molecule has 2 nitrogen and oxygen atoms in total. The van der Waals surface area contributed by atoms with Gasteiger partial charge in [-0.25, -0.2) is 0 Å². The maximum absolute atomic E-state index is 5.93. The summed E-state index contributed by atoms with van der Waals surface area (Å²) < 4.78 is 5.93. The van der Waals surface area contributed by atoms with Crippen LogP contribution >= 0.6 is 0 Å². The molecule has 2 heteroatoms. The van der Waals surface area contributed by atoms with Gasteiger partial charge < -0.3 is 10.1 Å². The normalized spacial score (nSPS) is 30.9. The molecule has 2 atom stereocenters. The van der Waals surface area contributed by atoms with Crippen LogP contribution in [-0.2, 0) is 4.74 Å². The van der Waals surface area contributed by atoms with Crippen molar-refractivity contribution in [1.29, 1.82) is 0 Å². The summed E-state index contributed by atoms with van der Waals surface area (Å²) in [5.74, 6) is 0.884. The number of hydrogen-bond donors (Lipinski definition) is 1. The first-order valence-corrected chi connectivity index (χ1v) is 7.71. The number of nitrogens with one attached hydrogen (secondary N) is 1. The Morgan fingerprint density at radius 3 is 2.53 bits per heavy atom. The maximum atomic E-state index is 5.93. The third kappa shape index (κ3) is 4.59. The van der Waals surface area contributed by atoms with Crippen molar-refractivity contribution in [3.63, 3.8) is 0 Å². The lowest BCUT2D eigenvalue weighted by atomic mass is 9.98. The quantitative estimate of drug-likeness (QED) is 0.716. The fourth-order valence-corrected chi connectivity index (χ4v) is 3.29. The van der Waals surface area contributed by atoms with Gasteiger partial charge in [0.1, 0.15) is 0 Å². The van der Waals surface area contributed by atoms with E-state index in [0.717, 1.165) is 25.1 Å². The first-order chi connectivity index (χ1) is 8.36. The van der Waals surface area contributed by atoms with Crippen molar-refractivity contribution in [3.8, 4) is 0 Å². The van der Waals surface area contributed by atoms with Crippen LogP contribution in [0, 0.1) is 5.92 Å². The summed E-state index contributed by atoms with van der Waals surface area (Å²) in [4.78, 5) is 0. The van der Waals surface area contributed by atoms with E-state index >= 15 is 0 Å². The summed E-state index contributed by atoms with van der Waals surface area (Å²) in [7, 11) is 0. The van der Waals surface area contributed by atoms with Crippen molar-refractivity contribution >= 4 is 0 Å². The predicted octanol–water partition coefficient (Wildman–Crippen LogP) is 3.50. The standard InChI is InChI=1S/C15H29NO/c1-13-7-5-10-15(13)16-11-6-12-17-14-8-3-2-4-9-14/h13-16H,2-12H2,1H3. The molecule has 100 valence electrons. The van der Waals surface area contributed by atoms with Gasteiger partial charge >= 0.3 is 0 Å². The molecule has 0 spiro atoms. The Labute approximate surface area is 107 Å². The van der Waals surface area contributed by atoms with Gasteiger partial charge in [0.25, 0.3) is 0 Å². The zero-order valence-electron chi connectivity index (χ0n) is 11.4. The summed E-state index contributed by atoms with van der Waals surface area (Å²) >= 11 is 0. The molecule has 0 heterocycles. The van der Waals surface area contributed by atoms with E-state index in [4.69, 9.17) is 4.74 Å². The Hall–Kier alpha value is -0.0800.